The van der Waals surface area contributed by atoms with Gasteiger partial charge in [-0.3, -0.25) is 4.79 Å². The molecule has 0 spiro atoms. The molecule has 0 atom stereocenters. The van der Waals surface area contributed by atoms with Crippen LogP contribution in [0.2, 0.25) is 0 Å². The van der Waals surface area contributed by atoms with E-state index in [1.54, 1.807) is 0 Å². The number of hydrogen-bond acceptors (Lipinski definition) is 6. The second kappa shape index (κ2) is 8.27. The predicted octanol–water partition coefficient (Wildman–Crippen LogP) is 5.36. The van der Waals surface area contributed by atoms with Gasteiger partial charge in [0.2, 0.25) is 5.13 Å². The lowest BCUT2D eigenvalue weighted by atomic mass is 10.1. The summed E-state index contributed by atoms with van der Waals surface area (Å²) in [6.45, 7) is 2.59. The van der Waals surface area contributed by atoms with E-state index in [1.165, 1.54) is 23.1 Å². The third-order valence-electron chi connectivity index (χ3n) is 3.52. The average Bonchev–Trinajstić information content (AvgIpc) is 3.03. The number of aliphatic imine (C=N–C) groups is 1. The molecule has 0 radical (unpaired) electrons. The SMILES string of the molecule is CCOc1ccc2nc(/N=C(/CC(=O)c3ccccc3)SC)sc2c1. The van der Waals surface area contributed by atoms with E-state index in [0.29, 0.717) is 17.3 Å². The maximum atomic E-state index is 12.4. The molecule has 0 saturated carbocycles. The van der Waals surface area contributed by atoms with Crippen LogP contribution >= 0.6 is 23.1 Å². The van der Waals surface area contributed by atoms with Crippen molar-refractivity contribution in [2.45, 2.75) is 13.3 Å². The molecule has 25 heavy (non-hydrogen) atoms. The number of thioether (sulfide) groups is 1. The molecule has 0 amide bonds. The Bertz CT molecular complexity index is 904. The number of fused-ring (bicyclic) bond motifs is 1. The fraction of sp³-hybridized carbons (Fsp3) is 0.211. The smallest absolute Gasteiger partial charge is 0.210 e. The third-order valence-corrected chi connectivity index (χ3v) is 5.14. The first-order valence-corrected chi connectivity index (χ1v) is 9.97. The number of ether oxygens (including phenoxy) is 1. The molecule has 0 aliphatic heterocycles. The van der Waals surface area contributed by atoms with E-state index in [9.17, 15) is 4.79 Å². The van der Waals surface area contributed by atoms with E-state index in [4.69, 9.17) is 4.74 Å². The molecule has 1 heterocycles. The van der Waals surface area contributed by atoms with Crippen molar-refractivity contribution in [3.63, 3.8) is 0 Å². The number of rotatable bonds is 6. The summed E-state index contributed by atoms with van der Waals surface area (Å²) in [6.07, 6.45) is 2.21. The molecule has 1 aromatic heterocycles. The number of hydrogen-bond donors (Lipinski definition) is 0. The molecule has 128 valence electrons. The molecule has 3 rings (SSSR count). The Morgan fingerprint density at radius 3 is 2.76 bits per heavy atom. The Morgan fingerprint density at radius 1 is 1.24 bits per heavy atom. The Balaban J connectivity index is 1.81. The minimum Gasteiger partial charge on any atom is -0.494 e. The Labute approximate surface area is 155 Å². The van der Waals surface area contributed by atoms with Crippen molar-refractivity contribution in [2.75, 3.05) is 12.9 Å². The number of nitrogens with zero attached hydrogens (tertiary/aromatic N) is 2. The van der Waals surface area contributed by atoms with E-state index >= 15 is 0 Å². The molecule has 4 nitrogen and oxygen atoms in total. The highest BCUT2D eigenvalue weighted by Gasteiger charge is 2.11. The number of thiazole rings is 1. The van der Waals surface area contributed by atoms with Crippen LogP contribution in [0.25, 0.3) is 10.2 Å². The fourth-order valence-corrected chi connectivity index (χ4v) is 3.73. The number of aromatic nitrogens is 1. The topological polar surface area (TPSA) is 51.6 Å². The number of Topliss-reactive ketones (excluding diaryl/α,β-unsaturated/α-hetero) is 1. The quantitative estimate of drug-likeness (QED) is 0.333. The summed E-state index contributed by atoms with van der Waals surface area (Å²) in [5, 5.41) is 1.42. The minimum absolute atomic E-state index is 0.0634. The fourth-order valence-electron chi connectivity index (χ4n) is 2.32. The standard InChI is InChI=1S/C19H18N2O2S2/c1-3-23-14-9-10-15-17(11-14)25-19(20-15)21-18(24-2)12-16(22)13-7-5-4-6-8-13/h4-11H,3,12H2,1-2H3/b21-18-. The second-order valence-corrected chi connectivity index (χ2v) is 7.12. The number of carbonyl (C=O) groups is 1. The van der Waals surface area contributed by atoms with Gasteiger partial charge in [0.05, 0.1) is 28.3 Å². The highest BCUT2D eigenvalue weighted by molar-refractivity contribution is 8.13. The third kappa shape index (κ3) is 4.46. The van der Waals surface area contributed by atoms with E-state index in [1.807, 2.05) is 61.7 Å². The summed E-state index contributed by atoms with van der Waals surface area (Å²) in [5.74, 6) is 0.895. The molecule has 0 aliphatic rings. The molecule has 6 heteroatoms. The van der Waals surface area contributed by atoms with Crippen molar-refractivity contribution in [1.29, 1.82) is 0 Å². The van der Waals surface area contributed by atoms with Gasteiger partial charge in [-0.15, -0.1) is 11.8 Å². The molecule has 2 aromatic carbocycles. The van der Waals surface area contributed by atoms with Gasteiger partial charge in [-0.05, 0) is 31.4 Å². The van der Waals surface area contributed by atoms with Crippen LogP contribution in [-0.2, 0) is 0 Å². The minimum atomic E-state index is 0.0634. The zero-order valence-corrected chi connectivity index (χ0v) is 15.7. The second-order valence-electron chi connectivity index (χ2n) is 5.23. The predicted molar refractivity (Wildman–Crippen MR) is 107 cm³/mol. The van der Waals surface area contributed by atoms with Crippen LogP contribution < -0.4 is 4.74 Å². The van der Waals surface area contributed by atoms with Gasteiger partial charge >= 0.3 is 0 Å². The monoisotopic (exact) mass is 370 g/mol. The Hall–Kier alpha value is -2.18. The van der Waals surface area contributed by atoms with Crippen LogP contribution in [0.4, 0.5) is 5.13 Å². The van der Waals surface area contributed by atoms with Crippen LogP contribution in [0.5, 0.6) is 5.75 Å². The zero-order chi connectivity index (χ0) is 17.6. The van der Waals surface area contributed by atoms with Crippen molar-refractivity contribution in [2.24, 2.45) is 4.99 Å². The van der Waals surface area contributed by atoms with Gasteiger partial charge in [0.25, 0.3) is 0 Å². The summed E-state index contributed by atoms with van der Waals surface area (Å²) < 4.78 is 6.55. The van der Waals surface area contributed by atoms with Gasteiger partial charge in [-0.25, -0.2) is 9.98 Å². The van der Waals surface area contributed by atoms with Crippen LogP contribution in [0.1, 0.15) is 23.7 Å². The highest BCUT2D eigenvalue weighted by atomic mass is 32.2. The van der Waals surface area contributed by atoms with Crippen molar-refractivity contribution >= 4 is 49.3 Å². The van der Waals surface area contributed by atoms with E-state index in [0.717, 1.165) is 21.0 Å². The first kappa shape index (κ1) is 17.6. The van der Waals surface area contributed by atoms with Crippen LogP contribution in [-0.4, -0.2) is 28.7 Å². The lowest BCUT2D eigenvalue weighted by Gasteiger charge is -2.02. The van der Waals surface area contributed by atoms with Crippen molar-refractivity contribution < 1.29 is 9.53 Å². The van der Waals surface area contributed by atoms with E-state index in [2.05, 4.69) is 9.98 Å². The summed E-state index contributed by atoms with van der Waals surface area (Å²) in [5.41, 5.74) is 1.59. The Kier molecular flexibility index (Phi) is 5.83. The van der Waals surface area contributed by atoms with Gasteiger partial charge in [0.1, 0.15) is 5.75 Å². The van der Waals surface area contributed by atoms with Crippen LogP contribution in [0.3, 0.4) is 0 Å². The number of benzene rings is 2. The summed E-state index contributed by atoms with van der Waals surface area (Å²) in [4.78, 5) is 21.5. The van der Waals surface area contributed by atoms with Gasteiger partial charge in [-0.1, -0.05) is 41.7 Å². The number of ketones is 1. The van der Waals surface area contributed by atoms with Gasteiger partial charge in [0.15, 0.2) is 5.78 Å². The zero-order valence-electron chi connectivity index (χ0n) is 14.1. The summed E-state index contributed by atoms with van der Waals surface area (Å²) in [6, 6.07) is 15.1. The normalized spacial score (nSPS) is 11.7. The van der Waals surface area contributed by atoms with Crippen LogP contribution in [0, 0.1) is 0 Å². The lowest BCUT2D eigenvalue weighted by molar-refractivity contribution is 0.100. The highest BCUT2D eigenvalue weighted by Crippen LogP contribution is 2.31. The van der Waals surface area contributed by atoms with Gasteiger partial charge in [0, 0.05) is 5.56 Å². The van der Waals surface area contributed by atoms with Crippen molar-refractivity contribution in [3.05, 3.63) is 54.1 Å². The first-order valence-electron chi connectivity index (χ1n) is 7.92. The molecular formula is C19H18N2O2S2. The first-order chi connectivity index (χ1) is 12.2. The number of carbonyl (C=O) groups excluding carboxylic acids is 1. The Morgan fingerprint density at radius 2 is 2.04 bits per heavy atom. The molecule has 0 bridgehead atoms. The van der Waals surface area contributed by atoms with E-state index in [-0.39, 0.29) is 12.2 Å². The van der Waals surface area contributed by atoms with Crippen molar-refractivity contribution in [1.82, 2.24) is 4.98 Å². The maximum Gasteiger partial charge on any atom is 0.210 e. The van der Waals surface area contributed by atoms with Gasteiger partial charge in [-0.2, -0.15) is 0 Å². The summed E-state index contributed by atoms with van der Waals surface area (Å²) >= 11 is 2.98. The molecule has 0 saturated heterocycles. The van der Waals surface area contributed by atoms with E-state index < -0.39 is 0 Å². The molecule has 0 aliphatic carbocycles. The molecule has 0 unspecified atom stereocenters. The van der Waals surface area contributed by atoms with Crippen molar-refractivity contribution in [3.8, 4) is 5.75 Å². The molecule has 0 N–H and O–H groups in total. The van der Waals surface area contributed by atoms with Crippen LogP contribution in [0.15, 0.2) is 53.5 Å². The molecular weight excluding hydrogens is 352 g/mol. The average molecular weight is 370 g/mol. The lowest BCUT2D eigenvalue weighted by Crippen LogP contribution is -2.04. The maximum absolute atomic E-state index is 12.4. The van der Waals surface area contributed by atoms with Gasteiger partial charge < -0.3 is 4.74 Å². The summed E-state index contributed by atoms with van der Waals surface area (Å²) in [7, 11) is 0. The molecule has 0 fully saturated rings. The largest absolute Gasteiger partial charge is 0.494 e. The molecule has 3 aromatic rings.